The van der Waals surface area contributed by atoms with Gasteiger partial charge < -0.3 is 4.90 Å². The predicted octanol–water partition coefficient (Wildman–Crippen LogP) is 3.90. The summed E-state index contributed by atoms with van der Waals surface area (Å²) in [6.45, 7) is 2.67. The zero-order valence-electron chi connectivity index (χ0n) is 14.9. The molecule has 2 heterocycles. The molecule has 0 saturated heterocycles. The SMILES string of the molecule is CC(Sc1nc2c(cc1C#N)CCC2)C(=O)N1CCCc2ccccc21. The average molecular weight is 363 g/mol. The van der Waals surface area contributed by atoms with Crippen LogP contribution in [0.2, 0.25) is 0 Å². The Morgan fingerprint density at radius 3 is 2.88 bits per heavy atom. The van der Waals surface area contributed by atoms with Gasteiger partial charge in [-0.1, -0.05) is 30.0 Å². The summed E-state index contributed by atoms with van der Waals surface area (Å²) in [6.07, 6.45) is 5.07. The van der Waals surface area contributed by atoms with Crippen molar-refractivity contribution < 1.29 is 4.79 Å². The lowest BCUT2D eigenvalue weighted by Crippen LogP contribution is -2.40. The number of carbonyl (C=O) groups is 1. The van der Waals surface area contributed by atoms with E-state index in [1.807, 2.05) is 36.1 Å². The third kappa shape index (κ3) is 3.10. The van der Waals surface area contributed by atoms with Crippen molar-refractivity contribution in [2.45, 2.75) is 49.3 Å². The fourth-order valence-electron chi connectivity index (χ4n) is 3.82. The van der Waals surface area contributed by atoms with Crippen LogP contribution in [-0.4, -0.2) is 22.7 Å². The van der Waals surface area contributed by atoms with Gasteiger partial charge in [0.15, 0.2) is 0 Å². The lowest BCUT2D eigenvalue weighted by atomic mass is 10.0. The Bertz CT molecular complexity index is 903. The molecule has 1 aromatic heterocycles. The van der Waals surface area contributed by atoms with Crippen molar-refractivity contribution in [3.05, 3.63) is 52.7 Å². The molecular formula is C21H21N3OS. The smallest absolute Gasteiger partial charge is 0.240 e. The van der Waals surface area contributed by atoms with E-state index in [0.717, 1.165) is 50.0 Å². The number of para-hydroxylation sites is 1. The van der Waals surface area contributed by atoms with Gasteiger partial charge >= 0.3 is 0 Å². The molecule has 5 heteroatoms. The molecule has 0 radical (unpaired) electrons. The summed E-state index contributed by atoms with van der Waals surface area (Å²) < 4.78 is 0. The number of aromatic nitrogens is 1. The molecule has 0 fully saturated rings. The van der Waals surface area contributed by atoms with E-state index in [1.54, 1.807) is 0 Å². The summed E-state index contributed by atoms with van der Waals surface area (Å²) in [4.78, 5) is 19.7. The molecular weight excluding hydrogens is 342 g/mol. The number of rotatable bonds is 3. The van der Waals surface area contributed by atoms with Gasteiger partial charge in [-0.3, -0.25) is 4.79 Å². The fourth-order valence-corrected chi connectivity index (χ4v) is 4.78. The van der Waals surface area contributed by atoms with Crippen LogP contribution < -0.4 is 4.90 Å². The Hall–Kier alpha value is -2.32. The molecule has 132 valence electrons. The van der Waals surface area contributed by atoms with Crippen LogP contribution in [0.15, 0.2) is 35.4 Å². The van der Waals surface area contributed by atoms with E-state index in [2.05, 4.69) is 12.1 Å². The molecule has 2 aliphatic rings. The fraction of sp³-hybridized carbons (Fsp3) is 0.381. The standard InChI is InChI=1S/C21H21N3OS/c1-14(21(25)24-11-5-8-15-6-2-3-10-19(15)24)26-20-17(13-22)12-16-7-4-9-18(16)23-20/h2-3,6,10,12,14H,4-5,7-9,11H2,1H3. The molecule has 1 aliphatic carbocycles. The lowest BCUT2D eigenvalue weighted by molar-refractivity contribution is -0.117. The Kier molecular flexibility index (Phi) is 4.69. The molecule has 1 unspecified atom stereocenters. The number of nitriles is 1. The van der Waals surface area contributed by atoms with Gasteiger partial charge in [-0.15, -0.1) is 0 Å². The third-order valence-corrected chi connectivity index (χ3v) is 6.24. The van der Waals surface area contributed by atoms with Gasteiger partial charge in [0.1, 0.15) is 11.1 Å². The molecule has 0 N–H and O–H groups in total. The third-order valence-electron chi connectivity index (χ3n) is 5.15. The van der Waals surface area contributed by atoms with Gasteiger partial charge in [0.2, 0.25) is 5.91 Å². The quantitative estimate of drug-likeness (QED) is 0.776. The van der Waals surface area contributed by atoms with Crippen molar-refractivity contribution in [1.82, 2.24) is 4.98 Å². The van der Waals surface area contributed by atoms with E-state index >= 15 is 0 Å². The topological polar surface area (TPSA) is 57.0 Å². The summed E-state index contributed by atoms with van der Waals surface area (Å²) >= 11 is 1.41. The second-order valence-corrected chi connectivity index (χ2v) is 8.22. The second-order valence-electron chi connectivity index (χ2n) is 6.89. The minimum atomic E-state index is -0.278. The zero-order valence-corrected chi connectivity index (χ0v) is 15.7. The number of pyridine rings is 1. The van der Waals surface area contributed by atoms with Crippen LogP contribution in [0.5, 0.6) is 0 Å². The van der Waals surface area contributed by atoms with Crippen LogP contribution in [0.4, 0.5) is 5.69 Å². The molecule has 4 nitrogen and oxygen atoms in total. The Morgan fingerprint density at radius 2 is 2.04 bits per heavy atom. The number of carbonyl (C=O) groups excluding carboxylic acids is 1. The summed E-state index contributed by atoms with van der Waals surface area (Å²) in [5.41, 5.74) is 5.13. The predicted molar refractivity (Wildman–Crippen MR) is 103 cm³/mol. The highest BCUT2D eigenvalue weighted by atomic mass is 32.2. The van der Waals surface area contributed by atoms with E-state index < -0.39 is 0 Å². The molecule has 0 spiro atoms. The summed E-state index contributed by atoms with van der Waals surface area (Å²) in [5, 5.41) is 9.90. The zero-order chi connectivity index (χ0) is 18.1. The number of anilines is 1. The number of aryl methyl sites for hydroxylation is 3. The monoisotopic (exact) mass is 363 g/mol. The molecule has 1 atom stereocenters. The van der Waals surface area contributed by atoms with E-state index in [9.17, 15) is 10.1 Å². The first-order valence-electron chi connectivity index (χ1n) is 9.16. The first-order chi connectivity index (χ1) is 12.7. The van der Waals surface area contributed by atoms with Gasteiger partial charge in [-0.2, -0.15) is 5.26 Å². The second kappa shape index (κ2) is 7.13. The molecule has 1 aliphatic heterocycles. The van der Waals surface area contributed by atoms with Crippen LogP contribution >= 0.6 is 11.8 Å². The van der Waals surface area contributed by atoms with Crippen molar-refractivity contribution in [2.24, 2.45) is 0 Å². The van der Waals surface area contributed by atoms with Crippen LogP contribution in [0, 0.1) is 11.3 Å². The molecule has 0 bridgehead atoms. The van der Waals surface area contributed by atoms with E-state index in [4.69, 9.17) is 4.98 Å². The van der Waals surface area contributed by atoms with Gasteiger partial charge in [0.25, 0.3) is 0 Å². The maximum absolute atomic E-state index is 13.1. The van der Waals surface area contributed by atoms with E-state index in [1.165, 1.54) is 22.9 Å². The van der Waals surface area contributed by atoms with E-state index in [0.29, 0.717) is 10.6 Å². The van der Waals surface area contributed by atoms with Crippen molar-refractivity contribution in [1.29, 1.82) is 5.26 Å². The number of hydrogen-bond acceptors (Lipinski definition) is 4. The normalized spacial score (nSPS) is 16.5. The summed E-state index contributed by atoms with van der Waals surface area (Å²) in [6, 6.07) is 12.4. The van der Waals surface area contributed by atoms with Crippen molar-refractivity contribution in [3.8, 4) is 6.07 Å². The molecule has 1 amide bonds. The number of hydrogen-bond donors (Lipinski definition) is 0. The first-order valence-corrected chi connectivity index (χ1v) is 10.0. The lowest BCUT2D eigenvalue weighted by Gasteiger charge is -2.31. The van der Waals surface area contributed by atoms with Gasteiger partial charge in [0.05, 0.1) is 10.8 Å². The molecule has 2 aromatic rings. The first kappa shape index (κ1) is 17.1. The number of thioether (sulfide) groups is 1. The van der Waals surface area contributed by atoms with Crippen molar-refractivity contribution in [2.75, 3.05) is 11.4 Å². The van der Waals surface area contributed by atoms with Crippen LogP contribution in [0.1, 0.15) is 42.1 Å². The molecule has 4 rings (SSSR count). The minimum absolute atomic E-state index is 0.0911. The van der Waals surface area contributed by atoms with Gasteiger partial charge in [-0.25, -0.2) is 4.98 Å². The maximum Gasteiger partial charge on any atom is 0.240 e. The number of benzene rings is 1. The number of amides is 1. The van der Waals surface area contributed by atoms with Crippen molar-refractivity contribution in [3.63, 3.8) is 0 Å². The number of nitrogens with zero attached hydrogens (tertiary/aromatic N) is 3. The van der Waals surface area contributed by atoms with Crippen LogP contribution in [-0.2, 0) is 24.1 Å². The summed E-state index contributed by atoms with van der Waals surface area (Å²) in [7, 11) is 0. The highest BCUT2D eigenvalue weighted by Gasteiger charge is 2.28. The molecule has 26 heavy (non-hydrogen) atoms. The van der Waals surface area contributed by atoms with Crippen molar-refractivity contribution >= 4 is 23.4 Å². The van der Waals surface area contributed by atoms with E-state index in [-0.39, 0.29) is 11.2 Å². The van der Waals surface area contributed by atoms with Gasteiger partial charge in [-0.05, 0) is 62.3 Å². The Labute approximate surface area is 158 Å². The highest BCUT2D eigenvalue weighted by Crippen LogP contribution is 2.33. The molecule has 0 saturated carbocycles. The minimum Gasteiger partial charge on any atom is -0.311 e. The Balaban J connectivity index is 1.57. The van der Waals surface area contributed by atoms with Gasteiger partial charge in [0, 0.05) is 17.9 Å². The van der Waals surface area contributed by atoms with Crippen LogP contribution in [0.25, 0.3) is 0 Å². The van der Waals surface area contributed by atoms with Crippen LogP contribution in [0.3, 0.4) is 0 Å². The number of fused-ring (bicyclic) bond motifs is 2. The highest BCUT2D eigenvalue weighted by molar-refractivity contribution is 8.00. The Morgan fingerprint density at radius 1 is 1.23 bits per heavy atom. The largest absolute Gasteiger partial charge is 0.311 e. The average Bonchev–Trinajstić information content (AvgIpc) is 3.13. The molecule has 1 aromatic carbocycles. The maximum atomic E-state index is 13.1. The summed E-state index contributed by atoms with van der Waals surface area (Å²) in [5.74, 6) is 0.0911.